The SMILES string of the molecule is O=C1CCCC2CC=C12. The van der Waals surface area contributed by atoms with E-state index in [1.807, 2.05) is 0 Å². The van der Waals surface area contributed by atoms with Gasteiger partial charge >= 0.3 is 0 Å². The first-order valence-corrected chi connectivity index (χ1v) is 3.61. The molecule has 0 aromatic heterocycles. The van der Waals surface area contributed by atoms with Gasteiger partial charge in [-0.05, 0) is 30.8 Å². The molecular weight excluding hydrogens is 112 g/mol. The number of carbonyl (C=O) groups is 1. The molecule has 1 saturated carbocycles. The van der Waals surface area contributed by atoms with E-state index in [1.54, 1.807) is 0 Å². The van der Waals surface area contributed by atoms with Crippen molar-refractivity contribution in [1.82, 2.24) is 0 Å². The van der Waals surface area contributed by atoms with Gasteiger partial charge in [0.2, 0.25) is 0 Å². The lowest BCUT2D eigenvalue weighted by Crippen LogP contribution is -2.24. The van der Waals surface area contributed by atoms with E-state index < -0.39 is 0 Å². The Hall–Kier alpha value is -0.590. The second-order valence-electron chi connectivity index (χ2n) is 2.91. The Labute approximate surface area is 54.8 Å². The van der Waals surface area contributed by atoms with Crippen molar-refractivity contribution in [3.05, 3.63) is 11.6 Å². The molecule has 1 atom stereocenters. The first-order valence-electron chi connectivity index (χ1n) is 3.61. The van der Waals surface area contributed by atoms with Crippen LogP contribution in [0.5, 0.6) is 0 Å². The number of rotatable bonds is 0. The van der Waals surface area contributed by atoms with E-state index in [2.05, 4.69) is 6.08 Å². The fraction of sp³-hybridized carbons (Fsp3) is 0.625. The van der Waals surface area contributed by atoms with Gasteiger partial charge in [0.1, 0.15) is 0 Å². The maximum Gasteiger partial charge on any atom is 0.158 e. The summed E-state index contributed by atoms with van der Waals surface area (Å²) in [6, 6.07) is 0. The number of Topliss-reactive ketones (excluding diaryl/α,β-unsaturated/α-hetero) is 1. The molecule has 1 fully saturated rings. The van der Waals surface area contributed by atoms with Crippen molar-refractivity contribution in [1.29, 1.82) is 0 Å². The van der Waals surface area contributed by atoms with Crippen LogP contribution in [0.25, 0.3) is 0 Å². The minimum absolute atomic E-state index is 0.414. The van der Waals surface area contributed by atoms with Crippen LogP contribution in [0.15, 0.2) is 11.6 Å². The van der Waals surface area contributed by atoms with Gasteiger partial charge in [0.25, 0.3) is 0 Å². The van der Waals surface area contributed by atoms with Crippen LogP contribution < -0.4 is 0 Å². The van der Waals surface area contributed by atoms with Gasteiger partial charge in [0.05, 0.1) is 0 Å². The van der Waals surface area contributed by atoms with Crippen molar-refractivity contribution in [2.24, 2.45) is 5.92 Å². The highest BCUT2D eigenvalue weighted by molar-refractivity contribution is 5.97. The van der Waals surface area contributed by atoms with Crippen LogP contribution in [0.2, 0.25) is 0 Å². The second-order valence-corrected chi connectivity index (χ2v) is 2.91. The quantitative estimate of drug-likeness (QED) is 0.477. The average molecular weight is 122 g/mol. The summed E-state index contributed by atoms with van der Waals surface area (Å²) in [5.41, 5.74) is 1.14. The normalized spacial score (nSPS) is 32.7. The van der Waals surface area contributed by atoms with Crippen molar-refractivity contribution < 1.29 is 4.79 Å². The molecule has 2 aliphatic rings. The standard InChI is InChI=1S/C8H10O/c9-8-3-1-2-6-4-5-7(6)8/h5-6H,1-4H2. The molecule has 0 aromatic rings. The molecule has 9 heavy (non-hydrogen) atoms. The number of ketones is 1. The lowest BCUT2D eigenvalue weighted by Gasteiger charge is -2.30. The van der Waals surface area contributed by atoms with Crippen molar-refractivity contribution in [3.8, 4) is 0 Å². The largest absolute Gasteiger partial charge is 0.295 e. The van der Waals surface area contributed by atoms with Gasteiger partial charge in [0.15, 0.2) is 5.78 Å². The van der Waals surface area contributed by atoms with Crippen LogP contribution in [0.1, 0.15) is 25.7 Å². The number of allylic oxidation sites excluding steroid dienone is 2. The molecule has 2 aliphatic carbocycles. The zero-order chi connectivity index (χ0) is 6.27. The Morgan fingerprint density at radius 2 is 2.44 bits per heavy atom. The summed E-state index contributed by atoms with van der Waals surface area (Å²) >= 11 is 0. The summed E-state index contributed by atoms with van der Waals surface area (Å²) in [5, 5.41) is 0. The predicted octanol–water partition coefficient (Wildman–Crippen LogP) is 1.69. The molecule has 0 spiro atoms. The predicted molar refractivity (Wildman–Crippen MR) is 35.0 cm³/mol. The molecule has 1 heteroatoms. The third kappa shape index (κ3) is 0.640. The van der Waals surface area contributed by atoms with Gasteiger partial charge in [-0.15, -0.1) is 0 Å². The lowest BCUT2D eigenvalue weighted by molar-refractivity contribution is -0.117. The van der Waals surface area contributed by atoms with E-state index in [0.29, 0.717) is 11.7 Å². The number of hydrogen-bond donors (Lipinski definition) is 0. The number of carbonyl (C=O) groups excluding carboxylic acids is 1. The summed E-state index contributed by atoms with van der Waals surface area (Å²) in [5.74, 6) is 1.09. The zero-order valence-electron chi connectivity index (χ0n) is 5.39. The first kappa shape index (κ1) is 5.21. The Morgan fingerprint density at radius 3 is 2.89 bits per heavy atom. The first-order chi connectivity index (χ1) is 4.38. The fourth-order valence-electron chi connectivity index (χ4n) is 1.67. The molecule has 0 bridgehead atoms. The van der Waals surface area contributed by atoms with Crippen LogP contribution in [0, 0.1) is 5.92 Å². The van der Waals surface area contributed by atoms with E-state index in [-0.39, 0.29) is 0 Å². The van der Waals surface area contributed by atoms with Crippen LogP contribution in [-0.2, 0) is 4.79 Å². The summed E-state index contributed by atoms with van der Waals surface area (Å²) in [4.78, 5) is 11.0. The highest BCUT2D eigenvalue weighted by Crippen LogP contribution is 2.36. The summed E-state index contributed by atoms with van der Waals surface area (Å²) < 4.78 is 0. The van der Waals surface area contributed by atoms with Crippen LogP contribution in [-0.4, -0.2) is 5.78 Å². The molecule has 2 rings (SSSR count). The fourth-order valence-corrected chi connectivity index (χ4v) is 1.67. The summed E-state index contributed by atoms with van der Waals surface area (Å²) in [6.07, 6.45) is 6.45. The van der Waals surface area contributed by atoms with Gasteiger partial charge in [0, 0.05) is 6.42 Å². The average Bonchev–Trinajstić information content (AvgIpc) is 1.74. The molecule has 0 aromatic carbocycles. The van der Waals surface area contributed by atoms with E-state index in [0.717, 1.165) is 18.4 Å². The topological polar surface area (TPSA) is 17.1 Å². The molecule has 0 amide bonds. The lowest BCUT2D eigenvalue weighted by atomic mass is 9.74. The summed E-state index contributed by atoms with van der Waals surface area (Å²) in [6.45, 7) is 0. The smallest absolute Gasteiger partial charge is 0.158 e. The highest BCUT2D eigenvalue weighted by atomic mass is 16.1. The third-order valence-electron chi connectivity index (χ3n) is 2.34. The Bertz CT molecular complexity index is 179. The Kier molecular flexibility index (Phi) is 0.981. The van der Waals surface area contributed by atoms with Crippen LogP contribution >= 0.6 is 0 Å². The van der Waals surface area contributed by atoms with Gasteiger partial charge in [-0.1, -0.05) is 6.08 Å². The molecule has 0 heterocycles. The van der Waals surface area contributed by atoms with Crippen molar-refractivity contribution in [2.75, 3.05) is 0 Å². The number of fused-ring (bicyclic) bond motifs is 1. The minimum atomic E-state index is 0.414. The highest BCUT2D eigenvalue weighted by Gasteiger charge is 2.29. The Morgan fingerprint density at radius 1 is 1.56 bits per heavy atom. The van der Waals surface area contributed by atoms with Gasteiger partial charge < -0.3 is 0 Å². The summed E-state index contributed by atoms with van der Waals surface area (Å²) in [7, 11) is 0. The monoisotopic (exact) mass is 122 g/mol. The van der Waals surface area contributed by atoms with E-state index in [4.69, 9.17) is 0 Å². The molecule has 48 valence electrons. The molecule has 0 saturated heterocycles. The molecule has 0 aliphatic heterocycles. The molecule has 1 unspecified atom stereocenters. The number of hydrogen-bond acceptors (Lipinski definition) is 1. The molecular formula is C8H10O. The van der Waals surface area contributed by atoms with Crippen molar-refractivity contribution in [2.45, 2.75) is 25.7 Å². The van der Waals surface area contributed by atoms with E-state index in [9.17, 15) is 4.79 Å². The Balaban J connectivity index is 2.21. The van der Waals surface area contributed by atoms with Gasteiger partial charge in [-0.2, -0.15) is 0 Å². The third-order valence-corrected chi connectivity index (χ3v) is 2.34. The molecule has 0 radical (unpaired) electrons. The maximum absolute atomic E-state index is 11.0. The second kappa shape index (κ2) is 1.69. The van der Waals surface area contributed by atoms with E-state index in [1.165, 1.54) is 12.8 Å². The molecule has 1 nitrogen and oxygen atoms in total. The maximum atomic E-state index is 11.0. The van der Waals surface area contributed by atoms with Crippen molar-refractivity contribution >= 4 is 5.78 Å². The minimum Gasteiger partial charge on any atom is -0.295 e. The van der Waals surface area contributed by atoms with Gasteiger partial charge in [-0.25, -0.2) is 0 Å². The van der Waals surface area contributed by atoms with Crippen molar-refractivity contribution in [3.63, 3.8) is 0 Å². The van der Waals surface area contributed by atoms with Gasteiger partial charge in [-0.3, -0.25) is 4.79 Å². The van der Waals surface area contributed by atoms with Crippen LogP contribution in [0.3, 0.4) is 0 Å². The zero-order valence-corrected chi connectivity index (χ0v) is 5.39. The van der Waals surface area contributed by atoms with Crippen LogP contribution in [0.4, 0.5) is 0 Å². The molecule has 0 N–H and O–H groups in total. The van der Waals surface area contributed by atoms with E-state index >= 15 is 0 Å².